The predicted octanol–water partition coefficient (Wildman–Crippen LogP) is 3.66. The maximum atomic E-state index is 10.6. The number of halogens is 1. The SMILES string of the molecule is O=C(O)CCCc1cc(Br)cc2c1OC1CC=CC21. The van der Waals surface area contributed by atoms with E-state index in [0.717, 1.165) is 28.6 Å². The summed E-state index contributed by atoms with van der Waals surface area (Å²) in [5, 5.41) is 8.72. The van der Waals surface area contributed by atoms with E-state index in [1.54, 1.807) is 0 Å². The second-order valence-corrected chi connectivity index (χ2v) is 5.99. The van der Waals surface area contributed by atoms with E-state index in [2.05, 4.69) is 34.1 Å². The molecule has 1 aliphatic heterocycles. The molecule has 1 aromatic carbocycles. The van der Waals surface area contributed by atoms with Crippen LogP contribution in [0.1, 0.15) is 36.3 Å². The quantitative estimate of drug-likeness (QED) is 0.860. The van der Waals surface area contributed by atoms with E-state index < -0.39 is 5.97 Å². The molecule has 0 saturated carbocycles. The van der Waals surface area contributed by atoms with E-state index in [4.69, 9.17) is 9.84 Å². The molecular formula is C15H15BrO3. The average molecular weight is 323 g/mol. The van der Waals surface area contributed by atoms with Crippen LogP contribution in [0.3, 0.4) is 0 Å². The van der Waals surface area contributed by atoms with Gasteiger partial charge in [-0.05, 0) is 30.5 Å². The highest BCUT2D eigenvalue weighted by molar-refractivity contribution is 9.10. The van der Waals surface area contributed by atoms with Crippen LogP contribution in [-0.4, -0.2) is 17.2 Å². The molecule has 3 rings (SSSR count). The lowest BCUT2D eigenvalue weighted by molar-refractivity contribution is -0.137. The molecule has 0 aromatic heterocycles. The first-order chi connectivity index (χ1) is 9.15. The molecule has 3 nitrogen and oxygen atoms in total. The number of carboxylic acids is 1. The van der Waals surface area contributed by atoms with Gasteiger partial charge in [0.05, 0.1) is 0 Å². The van der Waals surface area contributed by atoms with Gasteiger partial charge in [-0.2, -0.15) is 0 Å². The molecule has 1 aliphatic carbocycles. The second-order valence-electron chi connectivity index (χ2n) is 5.08. The lowest BCUT2D eigenvalue weighted by Crippen LogP contribution is -2.11. The Balaban J connectivity index is 1.85. The molecule has 0 fully saturated rings. The first kappa shape index (κ1) is 12.7. The normalized spacial score (nSPS) is 23.0. The first-order valence-electron chi connectivity index (χ1n) is 6.52. The molecule has 0 radical (unpaired) electrons. The fourth-order valence-electron chi connectivity index (χ4n) is 2.89. The molecule has 19 heavy (non-hydrogen) atoms. The number of hydrogen-bond acceptors (Lipinski definition) is 2. The summed E-state index contributed by atoms with van der Waals surface area (Å²) in [5.41, 5.74) is 2.35. The highest BCUT2D eigenvalue weighted by atomic mass is 79.9. The Hall–Kier alpha value is -1.29. The van der Waals surface area contributed by atoms with Gasteiger partial charge in [-0.25, -0.2) is 0 Å². The Labute approximate surface area is 120 Å². The molecule has 100 valence electrons. The summed E-state index contributed by atoms with van der Waals surface area (Å²) in [4.78, 5) is 10.6. The van der Waals surface area contributed by atoms with Gasteiger partial charge in [0.25, 0.3) is 0 Å². The second kappa shape index (κ2) is 5.00. The number of carboxylic acid groups (broad SMARTS) is 1. The molecule has 2 aliphatic rings. The predicted molar refractivity (Wildman–Crippen MR) is 75.6 cm³/mol. The van der Waals surface area contributed by atoms with Crippen molar-refractivity contribution in [3.05, 3.63) is 39.9 Å². The Bertz CT molecular complexity index is 551. The maximum Gasteiger partial charge on any atom is 0.303 e. The molecule has 0 saturated heterocycles. The first-order valence-corrected chi connectivity index (χ1v) is 7.32. The number of fused-ring (bicyclic) bond motifs is 3. The van der Waals surface area contributed by atoms with Crippen LogP contribution in [0.2, 0.25) is 0 Å². The van der Waals surface area contributed by atoms with Gasteiger partial charge in [-0.15, -0.1) is 0 Å². The zero-order valence-corrected chi connectivity index (χ0v) is 12.0. The van der Waals surface area contributed by atoms with Crippen LogP contribution in [0.4, 0.5) is 0 Å². The molecule has 2 unspecified atom stereocenters. The highest BCUT2D eigenvalue weighted by Crippen LogP contribution is 2.46. The smallest absolute Gasteiger partial charge is 0.303 e. The van der Waals surface area contributed by atoms with Crippen molar-refractivity contribution in [3.63, 3.8) is 0 Å². The van der Waals surface area contributed by atoms with Crippen molar-refractivity contribution in [1.82, 2.24) is 0 Å². The summed E-state index contributed by atoms with van der Waals surface area (Å²) in [6.07, 6.45) is 7.18. The number of benzene rings is 1. The molecule has 4 heteroatoms. The highest BCUT2D eigenvalue weighted by Gasteiger charge is 2.36. The minimum atomic E-state index is -0.743. The molecule has 0 spiro atoms. The fraction of sp³-hybridized carbons (Fsp3) is 0.400. The Morgan fingerprint density at radius 3 is 3.11 bits per heavy atom. The van der Waals surface area contributed by atoms with Crippen molar-refractivity contribution in [2.45, 2.75) is 37.7 Å². The average Bonchev–Trinajstić information content (AvgIpc) is 2.90. The van der Waals surface area contributed by atoms with Gasteiger partial charge in [-0.3, -0.25) is 4.79 Å². The van der Waals surface area contributed by atoms with Gasteiger partial charge in [0.15, 0.2) is 0 Å². The van der Waals surface area contributed by atoms with Crippen LogP contribution in [0.5, 0.6) is 5.75 Å². The third kappa shape index (κ3) is 2.41. The fourth-order valence-corrected chi connectivity index (χ4v) is 3.41. The van der Waals surface area contributed by atoms with Crippen molar-refractivity contribution in [1.29, 1.82) is 0 Å². The van der Waals surface area contributed by atoms with Crippen LogP contribution < -0.4 is 4.74 Å². The van der Waals surface area contributed by atoms with Crippen LogP contribution in [0.15, 0.2) is 28.8 Å². The monoisotopic (exact) mass is 322 g/mol. The Morgan fingerprint density at radius 1 is 1.47 bits per heavy atom. The van der Waals surface area contributed by atoms with Gasteiger partial charge in [-0.1, -0.05) is 28.1 Å². The zero-order valence-electron chi connectivity index (χ0n) is 10.4. The van der Waals surface area contributed by atoms with E-state index >= 15 is 0 Å². The Kier molecular flexibility index (Phi) is 3.35. The largest absolute Gasteiger partial charge is 0.489 e. The van der Waals surface area contributed by atoms with Gasteiger partial charge in [0.2, 0.25) is 0 Å². The van der Waals surface area contributed by atoms with Gasteiger partial charge >= 0.3 is 5.97 Å². The number of rotatable bonds is 4. The standard InChI is InChI=1S/C15H15BrO3/c16-10-7-9(3-1-6-14(17)18)15-12(8-10)11-4-2-5-13(11)19-15/h2,4,7-8,11,13H,1,3,5-6H2,(H,17,18). The topological polar surface area (TPSA) is 46.5 Å². The van der Waals surface area contributed by atoms with Gasteiger partial charge < -0.3 is 9.84 Å². The molecule has 0 amide bonds. The van der Waals surface area contributed by atoms with Crippen LogP contribution in [0.25, 0.3) is 0 Å². The molecule has 1 heterocycles. The van der Waals surface area contributed by atoms with Crippen molar-refractivity contribution in [3.8, 4) is 5.75 Å². The Morgan fingerprint density at radius 2 is 2.32 bits per heavy atom. The van der Waals surface area contributed by atoms with Gasteiger partial charge in [0.1, 0.15) is 11.9 Å². The number of aliphatic carboxylic acids is 1. The molecule has 1 aromatic rings. The van der Waals surface area contributed by atoms with Crippen molar-refractivity contribution in [2.24, 2.45) is 0 Å². The van der Waals surface area contributed by atoms with E-state index in [1.165, 1.54) is 5.56 Å². The summed E-state index contributed by atoms with van der Waals surface area (Å²) in [6.45, 7) is 0. The summed E-state index contributed by atoms with van der Waals surface area (Å²) < 4.78 is 7.09. The van der Waals surface area contributed by atoms with Crippen LogP contribution in [0, 0.1) is 0 Å². The van der Waals surface area contributed by atoms with Crippen molar-refractivity contribution in [2.75, 3.05) is 0 Å². The van der Waals surface area contributed by atoms with E-state index in [-0.39, 0.29) is 12.5 Å². The number of hydrogen-bond donors (Lipinski definition) is 1. The lowest BCUT2D eigenvalue weighted by atomic mass is 9.95. The summed E-state index contributed by atoms with van der Waals surface area (Å²) in [5.74, 6) is 0.603. The molecule has 0 bridgehead atoms. The van der Waals surface area contributed by atoms with Crippen molar-refractivity contribution >= 4 is 21.9 Å². The van der Waals surface area contributed by atoms with Crippen molar-refractivity contribution < 1.29 is 14.6 Å². The van der Waals surface area contributed by atoms with Crippen LogP contribution in [-0.2, 0) is 11.2 Å². The third-order valence-corrected chi connectivity index (χ3v) is 4.19. The van der Waals surface area contributed by atoms with Gasteiger partial charge in [0, 0.05) is 28.8 Å². The number of carbonyl (C=O) groups is 1. The summed E-state index contributed by atoms with van der Waals surface area (Å²) in [7, 11) is 0. The minimum absolute atomic E-state index is 0.202. The number of ether oxygens (including phenoxy) is 1. The van der Waals surface area contributed by atoms with E-state index in [1.807, 2.05) is 6.07 Å². The number of aryl methyl sites for hydroxylation is 1. The van der Waals surface area contributed by atoms with E-state index in [0.29, 0.717) is 12.3 Å². The molecule has 1 N–H and O–H groups in total. The lowest BCUT2D eigenvalue weighted by Gasteiger charge is -2.10. The van der Waals surface area contributed by atoms with E-state index in [9.17, 15) is 4.79 Å². The maximum absolute atomic E-state index is 10.6. The molecular weight excluding hydrogens is 308 g/mol. The third-order valence-electron chi connectivity index (χ3n) is 3.74. The minimum Gasteiger partial charge on any atom is -0.489 e. The molecule has 2 atom stereocenters. The van der Waals surface area contributed by atoms with Crippen LogP contribution >= 0.6 is 15.9 Å². The summed E-state index contributed by atoms with van der Waals surface area (Å²) in [6, 6.07) is 4.17. The summed E-state index contributed by atoms with van der Waals surface area (Å²) >= 11 is 3.54. The zero-order chi connectivity index (χ0) is 13.4.